The van der Waals surface area contributed by atoms with E-state index in [9.17, 15) is 9.59 Å². The predicted octanol–water partition coefficient (Wildman–Crippen LogP) is 1.49. The van der Waals surface area contributed by atoms with Crippen LogP contribution in [0.1, 0.15) is 32.8 Å². The molecule has 1 aliphatic heterocycles. The zero-order valence-electron chi connectivity index (χ0n) is 18.4. The van der Waals surface area contributed by atoms with Crippen molar-refractivity contribution in [2.75, 3.05) is 33.8 Å². The molecular formula is C21H33N5O4. The SMILES string of the molecule is CN=C(NCC(=O)NCc1ccc(OC)cc1)N1CCC(NC(=O)OC(C)(C)C)C1. The van der Waals surface area contributed by atoms with Crippen LogP contribution in [0.25, 0.3) is 0 Å². The van der Waals surface area contributed by atoms with E-state index < -0.39 is 11.7 Å². The number of ether oxygens (including phenoxy) is 2. The molecule has 0 bridgehead atoms. The predicted molar refractivity (Wildman–Crippen MR) is 116 cm³/mol. The van der Waals surface area contributed by atoms with Crippen molar-refractivity contribution in [3.63, 3.8) is 0 Å². The Morgan fingerprint density at radius 2 is 1.90 bits per heavy atom. The fourth-order valence-electron chi connectivity index (χ4n) is 3.04. The largest absolute Gasteiger partial charge is 0.497 e. The molecular weight excluding hydrogens is 386 g/mol. The summed E-state index contributed by atoms with van der Waals surface area (Å²) in [6, 6.07) is 7.51. The summed E-state index contributed by atoms with van der Waals surface area (Å²) >= 11 is 0. The zero-order valence-corrected chi connectivity index (χ0v) is 18.4. The lowest BCUT2D eigenvalue weighted by Crippen LogP contribution is -2.46. The summed E-state index contributed by atoms with van der Waals surface area (Å²) < 4.78 is 10.4. The second-order valence-corrected chi connectivity index (χ2v) is 8.10. The van der Waals surface area contributed by atoms with E-state index in [-0.39, 0.29) is 18.5 Å². The number of aliphatic imine (C=N–C) groups is 1. The van der Waals surface area contributed by atoms with E-state index in [0.29, 0.717) is 19.0 Å². The lowest BCUT2D eigenvalue weighted by atomic mass is 10.2. The van der Waals surface area contributed by atoms with E-state index in [0.717, 1.165) is 24.3 Å². The molecule has 9 heteroatoms. The van der Waals surface area contributed by atoms with E-state index in [1.807, 2.05) is 49.9 Å². The molecule has 1 aromatic rings. The van der Waals surface area contributed by atoms with Gasteiger partial charge in [-0.1, -0.05) is 12.1 Å². The number of likely N-dealkylation sites (tertiary alicyclic amines) is 1. The summed E-state index contributed by atoms with van der Waals surface area (Å²) in [6.07, 6.45) is 0.360. The van der Waals surface area contributed by atoms with Crippen LogP contribution in [0.15, 0.2) is 29.3 Å². The van der Waals surface area contributed by atoms with Crippen LogP contribution < -0.4 is 20.7 Å². The van der Waals surface area contributed by atoms with Crippen molar-refractivity contribution >= 4 is 18.0 Å². The normalized spacial score (nSPS) is 16.8. The van der Waals surface area contributed by atoms with Crippen molar-refractivity contribution in [1.82, 2.24) is 20.9 Å². The Morgan fingerprint density at radius 1 is 1.20 bits per heavy atom. The van der Waals surface area contributed by atoms with E-state index >= 15 is 0 Å². The Labute approximate surface area is 178 Å². The van der Waals surface area contributed by atoms with Gasteiger partial charge in [0, 0.05) is 26.7 Å². The highest BCUT2D eigenvalue weighted by molar-refractivity contribution is 5.86. The molecule has 1 heterocycles. The van der Waals surface area contributed by atoms with Crippen molar-refractivity contribution in [2.24, 2.45) is 4.99 Å². The fraction of sp³-hybridized carbons (Fsp3) is 0.571. The molecule has 0 saturated carbocycles. The van der Waals surface area contributed by atoms with Gasteiger partial charge in [0.2, 0.25) is 5.91 Å². The molecule has 2 rings (SSSR count). The molecule has 166 valence electrons. The lowest BCUT2D eigenvalue weighted by molar-refractivity contribution is -0.120. The van der Waals surface area contributed by atoms with Gasteiger partial charge in [-0.05, 0) is 44.9 Å². The molecule has 1 aliphatic rings. The number of methoxy groups -OCH3 is 1. The first kappa shape index (κ1) is 23.3. The summed E-state index contributed by atoms with van der Waals surface area (Å²) in [7, 11) is 3.29. The van der Waals surface area contributed by atoms with Gasteiger partial charge in [-0.2, -0.15) is 0 Å². The highest BCUT2D eigenvalue weighted by Gasteiger charge is 2.28. The number of hydrogen-bond acceptors (Lipinski definition) is 5. The van der Waals surface area contributed by atoms with Gasteiger partial charge in [0.05, 0.1) is 19.7 Å². The zero-order chi connectivity index (χ0) is 22.1. The van der Waals surface area contributed by atoms with Crippen LogP contribution in [0.5, 0.6) is 5.75 Å². The third-order valence-electron chi connectivity index (χ3n) is 4.48. The standard InChI is InChI=1S/C21H33N5O4/c1-21(2,3)30-20(28)25-16-10-11-26(14-16)19(22-4)24-13-18(27)23-12-15-6-8-17(29-5)9-7-15/h6-9,16H,10-14H2,1-5H3,(H,22,24)(H,23,27)(H,25,28). The van der Waals surface area contributed by atoms with E-state index in [4.69, 9.17) is 9.47 Å². The average molecular weight is 420 g/mol. The first-order chi connectivity index (χ1) is 14.2. The lowest BCUT2D eigenvalue weighted by Gasteiger charge is -2.23. The number of nitrogens with one attached hydrogen (secondary N) is 3. The first-order valence-corrected chi connectivity index (χ1v) is 10.0. The Balaban J connectivity index is 1.73. The van der Waals surface area contributed by atoms with Crippen LogP contribution in [0.4, 0.5) is 4.79 Å². The molecule has 0 aliphatic carbocycles. The molecule has 9 nitrogen and oxygen atoms in total. The fourth-order valence-corrected chi connectivity index (χ4v) is 3.04. The van der Waals surface area contributed by atoms with Gasteiger partial charge >= 0.3 is 6.09 Å². The second kappa shape index (κ2) is 10.7. The van der Waals surface area contributed by atoms with Crippen LogP contribution in [-0.2, 0) is 16.1 Å². The van der Waals surface area contributed by atoms with Gasteiger partial charge < -0.3 is 30.3 Å². The number of alkyl carbamates (subject to hydrolysis) is 1. The van der Waals surface area contributed by atoms with E-state index in [1.165, 1.54) is 0 Å². The number of amides is 2. The van der Waals surface area contributed by atoms with Crippen LogP contribution in [0, 0.1) is 0 Å². The molecule has 2 amide bonds. The maximum absolute atomic E-state index is 12.2. The smallest absolute Gasteiger partial charge is 0.407 e. The highest BCUT2D eigenvalue weighted by Crippen LogP contribution is 2.12. The van der Waals surface area contributed by atoms with Crippen molar-refractivity contribution < 1.29 is 19.1 Å². The van der Waals surface area contributed by atoms with Crippen molar-refractivity contribution in [1.29, 1.82) is 0 Å². The number of nitrogens with zero attached hydrogens (tertiary/aromatic N) is 2. The summed E-state index contributed by atoms with van der Waals surface area (Å²) in [5.74, 6) is 1.28. The number of guanidine groups is 1. The highest BCUT2D eigenvalue weighted by atomic mass is 16.6. The Kier molecular flexibility index (Phi) is 8.32. The van der Waals surface area contributed by atoms with Gasteiger partial charge in [-0.3, -0.25) is 9.79 Å². The Hall–Kier alpha value is -2.97. The maximum atomic E-state index is 12.2. The van der Waals surface area contributed by atoms with Crippen LogP contribution in [0.3, 0.4) is 0 Å². The molecule has 0 radical (unpaired) electrons. The summed E-state index contributed by atoms with van der Waals surface area (Å²) in [4.78, 5) is 30.4. The molecule has 0 spiro atoms. The first-order valence-electron chi connectivity index (χ1n) is 10.0. The topological polar surface area (TPSA) is 104 Å². The third kappa shape index (κ3) is 7.81. The monoisotopic (exact) mass is 419 g/mol. The third-order valence-corrected chi connectivity index (χ3v) is 4.48. The quantitative estimate of drug-likeness (QED) is 0.477. The van der Waals surface area contributed by atoms with Crippen molar-refractivity contribution in [3.05, 3.63) is 29.8 Å². The van der Waals surface area contributed by atoms with Crippen LogP contribution in [-0.4, -0.2) is 68.3 Å². The molecule has 1 atom stereocenters. The van der Waals surface area contributed by atoms with E-state index in [2.05, 4.69) is 20.9 Å². The molecule has 3 N–H and O–H groups in total. The molecule has 1 aromatic carbocycles. The minimum atomic E-state index is -0.529. The molecule has 1 saturated heterocycles. The molecule has 30 heavy (non-hydrogen) atoms. The Bertz CT molecular complexity index is 743. The number of hydrogen-bond donors (Lipinski definition) is 3. The van der Waals surface area contributed by atoms with Gasteiger partial charge in [-0.25, -0.2) is 4.79 Å². The summed E-state index contributed by atoms with van der Waals surface area (Å²) in [6.45, 7) is 7.38. The second-order valence-electron chi connectivity index (χ2n) is 8.10. The molecule has 1 unspecified atom stereocenters. The number of carbonyl (C=O) groups is 2. The summed E-state index contributed by atoms with van der Waals surface area (Å²) in [5, 5.41) is 8.83. The molecule has 1 fully saturated rings. The number of rotatable bonds is 6. The van der Waals surface area contributed by atoms with Crippen LogP contribution >= 0.6 is 0 Å². The number of benzene rings is 1. The van der Waals surface area contributed by atoms with Gasteiger partial charge in [0.1, 0.15) is 11.4 Å². The average Bonchev–Trinajstić information content (AvgIpc) is 3.13. The van der Waals surface area contributed by atoms with Crippen molar-refractivity contribution in [3.8, 4) is 5.75 Å². The van der Waals surface area contributed by atoms with Gasteiger partial charge in [0.15, 0.2) is 5.96 Å². The summed E-state index contributed by atoms with van der Waals surface area (Å²) in [5.41, 5.74) is 0.461. The van der Waals surface area contributed by atoms with Gasteiger partial charge in [0.25, 0.3) is 0 Å². The number of carbonyl (C=O) groups excluding carboxylic acids is 2. The Morgan fingerprint density at radius 3 is 2.50 bits per heavy atom. The maximum Gasteiger partial charge on any atom is 0.407 e. The molecule has 0 aromatic heterocycles. The van der Waals surface area contributed by atoms with Gasteiger partial charge in [-0.15, -0.1) is 0 Å². The van der Waals surface area contributed by atoms with E-state index in [1.54, 1.807) is 14.2 Å². The minimum Gasteiger partial charge on any atom is -0.497 e. The van der Waals surface area contributed by atoms with Crippen molar-refractivity contribution in [2.45, 2.75) is 45.4 Å². The van der Waals surface area contributed by atoms with Crippen LogP contribution in [0.2, 0.25) is 0 Å². The minimum absolute atomic E-state index is 0.0256.